The number of carbonyl (C=O) groups is 2. The van der Waals surface area contributed by atoms with Crippen LogP contribution >= 0.6 is 0 Å². The highest BCUT2D eigenvalue weighted by Crippen LogP contribution is 2.17. The van der Waals surface area contributed by atoms with E-state index in [1.54, 1.807) is 24.5 Å². The fraction of sp³-hybridized carbons (Fsp3) is 0.579. The first-order valence-electron chi connectivity index (χ1n) is 9.16. The summed E-state index contributed by atoms with van der Waals surface area (Å²) < 4.78 is 5.19. The number of hydrogen-bond acceptors (Lipinski definition) is 4. The van der Waals surface area contributed by atoms with Crippen molar-refractivity contribution < 1.29 is 14.0 Å². The lowest BCUT2D eigenvalue weighted by Gasteiger charge is -2.37. The first kappa shape index (κ1) is 17.7. The maximum absolute atomic E-state index is 12.5. The molecule has 0 radical (unpaired) electrons. The lowest BCUT2D eigenvalue weighted by Crippen LogP contribution is -2.52. The van der Waals surface area contributed by atoms with Gasteiger partial charge in [-0.05, 0) is 44.4 Å². The average molecular weight is 345 g/mol. The van der Waals surface area contributed by atoms with Crippen LogP contribution in [0.1, 0.15) is 31.9 Å². The van der Waals surface area contributed by atoms with Crippen LogP contribution in [0.2, 0.25) is 0 Å². The number of amides is 2. The van der Waals surface area contributed by atoms with Crippen molar-refractivity contribution in [3.63, 3.8) is 0 Å². The van der Waals surface area contributed by atoms with Gasteiger partial charge in [-0.15, -0.1) is 0 Å². The number of piperazine rings is 1. The van der Waals surface area contributed by atoms with Gasteiger partial charge >= 0.3 is 0 Å². The van der Waals surface area contributed by atoms with Crippen LogP contribution in [0.3, 0.4) is 0 Å². The molecule has 0 aliphatic carbocycles. The highest BCUT2D eigenvalue weighted by Gasteiger charge is 2.26. The summed E-state index contributed by atoms with van der Waals surface area (Å²) >= 11 is 0. The van der Waals surface area contributed by atoms with E-state index in [1.165, 1.54) is 6.42 Å². The SMILES string of the molecule is CC1CCCCN1C(=O)CN1CCN(C(=O)/C=C/c2ccco2)CC1. The molecule has 0 spiro atoms. The van der Waals surface area contributed by atoms with E-state index in [-0.39, 0.29) is 11.8 Å². The summed E-state index contributed by atoms with van der Waals surface area (Å²) in [6, 6.07) is 3.97. The fourth-order valence-corrected chi connectivity index (χ4v) is 3.52. The molecule has 0 N–H and O–H groups in total. The molecule has 2 aliphatic heterocycles. The molecule has 2 saturated heterocycles. The first-order chi connectivity index (χ1) is 12.1. The molecule has 2 amide bonds. The Hall–Kier alpha value is -2.08. The molecule has 2 aliphatic rings. The minimum atomic E-state index is -0.00738. The van der Waals surface area contributed by atoms with Crippen molar-refractivity contribution in [3.8, 4) is 0 Å². The zero-order valence-electron chi connectivity index (χ0n) is 14.9. The van der Waals surface area contributed by atoms with E-state index < -0.39 is 0 Å². The minimum absolute atomic E-state index is 0.00738. The molecule has 6 nitrogen and oxygen atoms in total. The standard InChI is InChI=1S/C19H27N3O3/c1-16-5-2-3-9-22(16)19(24)15-20-10-12-21(13-11-20)18(23)8-7-17-6-4-14-25-17/h4,6-8,14,16H,2-3,5,9-13,15H2,1H3/b8-7+. The zero-order valence-corrected chi connectivity index (χ0v) is 14.9. The lowest BCUT2D eigenvalue weighted by molar-refractivity contribution is -0.136. The Labute approximate surface area is 149 Å². The van der Waals surface area contributed by atoms with Gasteiger partial charge in [0.25, 0.3) is 0 Å². The van der Waals surface area contributed by atoms with E-state index in [0.717, 1.165) is 32.5 Å². The highest BCUT2D eigenvalue weighted by atomic mass is 16.3. The number of hydrogen-bond donors (Lipinski definition) is 0. The Morgan fingerprint density at radius 2 is 2.00 bits per heavy atom. The molecule has 0 bridgehead atoms. The summed E-state index contributed by atoms with van der Waals surface area (Å²) in [5.74, 6) is 0.893. The minimum Gasteiger partial charge on any atom is -0.465 e. The van der Waals surface area contributed by atoms with E-state index in [9.17, 15) is 9.59 Å². The first-order valence-corrected chi connectivity index (χ1v) is 9.16. The third-order valence-electron chi connectivity index (χ3n) is 5.10. The molecule has 1 atom stereocenters. The van der Waals surface area contributed by atoms with Crippen LogP contribution in [-0.2, 0) is 9.59 Å². The van der Waals surface area contributed by atoms with Crippen molar-refractivity contribution >= 4 is 17.9 Å². The van der Waals surface area contributed by atoms with Gasteiger partial charge in [-0.2, -0.15) is 0 Å². The summed E-state index contributed by atoms with van der Waals surface area (Å²) in [6.07, 6.45) is 8.27. The maximum Gasteiger partial charge on any atom is 0.246 e. The number of piperidine rings is 1. The van der Waals surface area contributed by atoms with Gasteiger partial charge in [0.05, 0.1) is 12.8 Å². The Morgan fingerprint density at radius 3 is 2.68 bits per heavy atom. The number of likely N-dealkylation sites (tertiary alicyclic amines) is 1. The van der Waals surface area contributed by atoms with Crippen molar-refractivity contribution in [2.24, 2.45) is 0 Å². The Morgan fingerprint density at radius 1 is 1.20 bits per heavy atom. The predicted octanol–water partition coefficient (Wildman–Crippen LogP) is 1.84. The van der Waals surface area contributed by atoms with Gasteiger partial charge in [-0.1, -0.05) is 0 Å². The zero-order chi connectivity index (χ0) is 17.6. The van der Waals surface area contributed by atoms with Gasteiger partial charge in [0.15, 0.2) is 0 Å². The smallest absolute Gasteiger partial charge is 0.246 e. The van der Waals surface area contributed by atoms with E-state index in [1.807, 2.05) is 15.9 Å². The summed E-state index contributed by atoms with van der Waals surface area (Å²) in [7, 11) is 0. The second-order valence-corrected chi connectivity index (χ2v) is 6.88. The molecule has 3 rings (SSSR count). The Kier molecular flexibility index (Phi) is 5.91. The average Bonchev–Trinajstić information content (AvgIpc) is 3.14. The number of nitrogens with zero attached hydrogens (tertiary/aromatic N) is 3. The van der Waals surface area contributed by atoms with Gasteiger partial charge in [-0.3, -0.25) is 14.5 Å². The van der Waals surface area contributed by atoms with Gasteiger partial charge in [0.1, 0.15) is 5.76 Å². The summed E-state index contributed by atoms with van der Waals surface area (Å²) in [5.41, 5.74) is 0. The van der Waals surface area contributed by atoms with Gasteiger partial charge < -0.3 is 14.2 Å². The molecule has 0 saturated carbocycles. The highest BCUT2D eigenvalue weighted by molar-refractivity contribution is 5.91. The van der Waals surface area contributed by atoms with Crippen LogP contribution < -0.4 is 0 Å². The van der Waals surface area contributed by atoms with Crippen molar-refractivity contribution in [1.29, 1.82) is 0 Å². The van der Waals surface area contributed by atoms with Crippen LogP contribution in [0.25, 0.3) is 6.08 Å². The molecule has 1 aromatic heterocycles. The molecular weight excluding hydrogens is 318 g/mol. The molecule has 1 unspecified atom stereocenters. The van der Waals surface area contributed by atoms with Crippen molar-refractivity contribution in [1.82, 2.24) is 14.7 Å². The van der Waals surface area contributed by atoms with Crippen LogP contribution in [0.5, 0.6) is 0 Å². The van der Waals surface area contributed by atoms with Crippen LogP contribution in [-0.4, -0.2) is 71.8 Å². The number of rotatable bonds is 4. The summed E-state index contributed by atoms with van der Waals surface area (Å²) in [6.45, 7) is 6.29. The van der Waals surface area contributed by atoms with Crippen LogP contribution in [0, 0.1) is 0 Å². The van der Waals surface area contributed by atoms with Crippen molar-refractivity contribution in [2.75, 3.05) is 39.3 Å². The monoisotopic (exact) mass is 345 g/mol. The molecule has 6 heteroatoms. The lowest BCUT2D eigenvalue weighted by atomic mass is 10.0. The predicted molar refractivity (Wildman–Crippen MR) is 95.8 cm³/mol. The van der Waals surface area contributed by atoms with Crippen molar-refractivity contribution in [2.45, 2.75) is 32.2 Å². The maximum atomic E-state index is 12.5. The largest absolute Gasteiger partial charge is 0.465 e. The number of carbonyl (C=O) groups excluding carboxylic acids is 2. The topological polar surface area (TPSA) is 57.0 Å². The fourth-order valence-electron chi connectivity index (χ4n) is 3.52. The van der Waals surface area contributed by atoms with E-state index >= 15 is 0 Å². The second kappa shape index (κ2) is 8.34. The Balaban J connectivity index is 1.43. The van der Waals surface area contributed by atoms with E-state index in [0.29, 0.717) is 31.4 Å². The summed E-state index contributed by atoms with van der Waals surface area (Å²) in [5, 5.41) is 0. The molecule has 2 fully saturated rings. The van der Waals surface area contributed by atoms with Crippen molar-refractivity contribution in [3.05, 3.63) is 30.2 Å². The summed E-state index contributed by atoms with van der Waals surface area (Å²) in [4.78, 5) is 30.7. The quantitative estimate of drug-likeness (QED) is 0.782. The van der Waals surface area contributed by atoms with Crippen LogP contribution in [0.15, 0.2) is 28.9 Å². The van der Waals surface area contributed by atoms with E-state index in [4.69, 9.17) is 4.42 Å². The normalized spacial score (nSPS) is 22.5. The van der Waals surface area contributed by atoms with E-state index in [2.05, 4.69) is 11.8 Å². The third kappa shape index (κ3) is 4.72. The molecule has 1 aromatic rings. The second-order valence-electron chi connectivity index (χ2n) is 6.88. The van der Waals surface area contributed by atoms with Gasteiger partial charge in [-0.25, -0.2) is 0 Å². The van der Waals surface area contributed by atoms with Gasteiger partial charge in [0, 0.05) is 44.8 Å². The number of furan rings is 1. The van der Waals surface area contributed by atoms with Crippen LogP contribution in [0.4, 0.5) is 0 Å². The molecule has 25 heavy (non-hydrogen) atoms. The molecule has 136 valence electrons. The third-order valence-corrected chi connectivity index (χ3v) is 5.10. The molecular formula is C19H27N3O3. The molecule has 0 aromatic carbocycles. The Bertz CT molecular complexity index is 603. The molecule has 3 heterocycles. The van der Waals surface area contributed by atoms with Gasteiger partial charge in [0.2, 0.25) is 11.8 Å².